The standard InChI is InChI=1S/C20H25NOS/c22-23(17-16-21-14-8-3-9-15-21)20(18-10-4-1-5-11-18)19-12-6-2-7-13-19/h1-2,4-7,10-13,20H,3,8-9,14-17H2. The molecule has 0 aromatic heterocycles. The highest BCUT2D eigenvalue weighted by molar-refractivity contribution is 7.85. The molecule has 3 heteroatoms. The molecule has 122 valence electrons. The van der Waals surface area contributed by atoms with Gasteiger partial charge < -0.3 is 4.90 Å². The van der Waals surface area contributed by atoms with E-state index in [1.165, 1.54) is 32.4 Å². The van der Waals surface area contributed by atoms with Crippen molar-refractivity contribution in [1.82, 2.24) is 4.90 Å². The summed E-state index contributed by atoms with van der Waals surface area (Å²) in [4.78, 5) is 2.47. The SMILES string of the molecule is O=S(CCN1CCCCC1)C(c1ccccc1)c1ccccc1. The van der Waals surface area contributed by atoms with E-state index in [2.05, 4.69) is 29.2 Å². The van der Waals surface area contributed by atoms with Gasteiger partial charge in [0.2, 0.25) is 0 Å². The van der Waals surface area contributed by atoms with Crippen LogP contribution in [-0.4, -0.2) is 34.5 Å². The summed E-state index contributed by atoms with van der Waals surface area (Å²) < 4.78 is 13.1. The van der Waals surface area contributed by atoms with Gasteiger partial charge in [0.25, 0.3) is 0 Å². The molecule has 1 unspecified atom stereocenters. The van der Waals surface area contributed by atoms with Gasteiger partial charge in [-0.25, -0.2) is 0 Å². The van der Waals surface area contributed by atoms with Crippen LogP contribution < -0.4 is 0 Å². The van der Waals surface area contributed by atoms with Crippen molar-refractivity contribution in [3.8, 4) is 0 Å². The van der Waals surface area contributed by atoms with Crippen molar-refractivity contribution in [3.63, 3.8) is 0 Å². The Hall–Kier alpha value is -1.45. The van der Waals surface area contributed by atoms with Crippen LogP contribution >= 0.6 is 0 Å². The maximum Gasteiger partial charge on any atom is 0.0847 e. The molecule has 2 aromatic rings. The van der Waals surface area contributed by atoms with Crippen LogP contribution in [0, 0.1) is 0 Å². The number of piperidine rings is 1. The summed E-state index contributed by atoms with van der Waals surface area (Å²) in [5.41, 5.74) is 2.30. The van der Waals surface area contributed by atoms with Crippen LogP contribution in [-0.2, 0) is 10.8 Å². The lowest BCUT2D eigenvalue weighted by Crippen LogP contribution is -2.33. The normalized spacial score (nSPS) is 17.3. The Morgan fingerprint density at radius 1 is 0.826 bits per heavy atom. The van der Waals surface area contributed by atoms with E-state index in [4.69, 9.17) is 0 Å². The minimum Gasteiger partial charge on any atom is -0.302 e. The highest BCUT2D eigenvalue weighted by atomic mass is 32.2. The van der Waals surface area contributed by atoms with Gasteiger partial charge in [-0.3, -0.25) is 4.21 Å². The highest BCUT2D eigenvalue weighted by Crippen LogP contribution is 2.28. The predicted octanol–water partition coefficient (Wildman–Crippen LogP) is 4.01. The molecule has 0 radical (unpaired) electrons. The summed E-state index contributed by atoms with van der Waals surface area (Å²) in [6.45, 7) is 3.28. The zero-order valence-electron chi connectivity index (χ0n) is 13.6. The largest absolute Gasteiger partial charge is 0.302 e. The fraction of sp³-hybridized carbons (Fsp3) is 0.400. The summed E-state index contributed by atoms with van der Waals surface area (Å²) in [6.07, 6.45) is 3.91. The molecule has 1 saturated heterocycles. The Labute approximate surface area is 142 Å². The zero-order valence-corrected chi connectivity index (χ0v) is 14.4. The van der Waals surface area contributed by atoms with E-state index in [-0.39, 0.29) is 5.25 Å². The molecule has 0 spiro atoms. The van der Waals surface area contributed by atoms with Gasteiger partial charge in [0.15, 0.2) is 0 Å². The molecule has 1 aliphatic rings. The molecule has 0 aliphatic carbocycles. The van der Waals surface area contributed by atoms with Crippen LogP contribution in [0.25, 0.3) is 0 Å². The second-order valence-electron chi connectivity index (χ2n) is 6.19. The molecule has 2 nitrogen and oxygen atoms in total. The quantitative estimate of drug-likeness (QED) is 0.799. The Bertz CT molecular complexity index is 569. The molecule has 0 saturated carbocycles. The lowest BCUT2D eigenvalue weighted by Gasteiger charge is -2.27. The number of hydrogen-bond donors (Lipinski definition) is 0. The van der Waals surface area contributed by atoms with Crippen LogP contribution in [0.1, 0.15) is 35.6 Å². The number of benzene rings is 2. The van der Waals surface area contributed by atoms with Crippen molar-refractivity contribution < 1.29 is 4.21 Å². The van der Waals surface area contributed by atoms with E-state index in [0.29, 0.717) is 0 Å². The Morgan fingerprint density at radius 2 is 1.35 bits per heavy atom. The van der Waals surface area contributed by atoms with Gasteiger partial charge in [0.05, 0.1) is 5.25 Å². The Balaban J connectivity index is 1.74. The van der Waals surface area contributed by atoms with Gasteiger partial charge >= 0.3 is 0 Å². The number of rotatable bonds is 6. The molecular weight excluding hydrogens is 302 g/mol. The summed E-state index contributed by atoms with van der Waals surface area (Å²) in [7, 11) is -0.903. The summed E-state index contributed by atoms with van der Waals surface area (Å²) in [6, 6.07) is 20.5. The lowest BCUT2D eigenvalue weighted by atomic mass is 10.0. The van der Waals surface area contributed by atoms with Crippen molar-refractivity contribution >= 4 is 10.8 Å². The Morgan fingerprint density at radius 3 is 1.87 bits per heavy atom. The molecule has 1 atom stereocenters. The first kappa shape index (κ1) is 16.4. The van der Waals surface area contributed by atoms with Crippen molar-refractivity contribution in [1.29, 1.82) is 0 Å². The Kier molecular flexibility index (Phi) is 6.00. The summed E-state index contributed by atoms with van der Waals surface area (Å²) in [5.74, 6) is 0.744. The minimum absolute atomic E-state index is 0.0257. The van der Waals surface area contributed by atoms with Gasteiger partial charge in [-0.15, -0.1) is 0 Å². The average molecular weight is 327 g/mol. The molecule has 23 heavy (non-hydrogen) atoms. The number of hydrogen-bond acceptors (Lipinski definition) is 2. The van der Waals surface area contributed by atoms with Crippen molar-refractivity contribution in [2.75, 3.05) is 25.4 Å². The van der Waals surface area contributed by atoms with Crippen LogP contribution in [0.15, 0.2) is 60.7 Å². The van der Waals surface area contributed by atoms with Gasteiger partial charge in [-0.05, 0) is 37.1 Å². The van der Waals surface area contributed by atoms with E-state index >= 15 is 0 Å². The minimum atomic E-state index is -0.903. The maximum absolute atomic E-state index is 13.1. The van der Waals surface area contributed by atoms with Crippen molar-refractivity contribution in [2.24, 2.45) is 0 Å². The summed E-state index contributed by atoms with van der Waals surface area (Å²) >= 11 is 0. The fourth-order valence-electron chi connectivity index (χ4n) is 3.27. The number of nitrogens with zero attached hydrogens (tertiary/aromatic N) is 1. The molecule has 1 fully saturated rings. The third kappa shape index (κ3) is 4.52. The molecule has 0 amide bonds. The van der Waals surface area contributed by atoms with Gasteiger partial charge in [-0.2, -0.15) is 0 Å². The third-order valence-electron chi connectivity index (χ3n) is 4.52. The van der Waals surface area contributed by atoms with Gasteiger partial charge in [0, 0.05) is 23.1 Å². The highest BCUT2D eigenvalue weighted by Gasteiger charge is 2.21. The van der Waals surface area contributed by atoms with Crippen LogP contribution in [0.5, 0.6) is 0 Å². The smallest absolute Gasteiger partial charge is 0.0847 e. The van der Waals surface area contributed by atoms with Crippen LogP contribution in [0.2, 0.25) is 0 Å². The molecule has 3 rings (SSSR count). The molecule has 0 bridgehead atoms. The zero-order chi connectivity index (χ0) is 15.9. The first-order valence-corrected chi connectivity index (χ1v) is 9.92. The third-order valence-corrected chi connectivity index (χ3v) is 6.18. The average Bonchev–Trinajstić information content (AvgIpc) is 2.63. The van der Waals surface area contributed by atoms with Crippen LogP contribution in [0.4, 0.5) is 0 Å². The topological polar surface area (TPSA) is 20.3 Å². The van der Waals surface area contributed by atoms with Crippen molar-refractivity contribution in [3.05, 3.63) is 71.8 Å². The van der Waals surface area contributed by atoms with E-state index < -0.39 is 10.8 Å². The van der Waals surface area contributed by atoms with E-state index in [0.717, 1.165) is 23.4 Å². The van der Waals surface area contributed by atoms with Crippen LogP contribution in [0.3, 0.4) is 0 Å². The predicted molar refractivity (Wildman–Crippen MR) is 98.0 cm³/mol. The summed E-state index contributed by atoms with van der Waals surface area (Å²) in [5, 5.41) is -0.0257. The van der Waals surface area contributed by atoms with Crippen molar-refractivity contribution in [2.45, 2.75) is 24.5 Å². The fourth-order valence-corrected chi connectivity index (χ4v) is 4.87. The first-order valence-electron chi connectivity index (χ1n) is 8.54. The number of likely N-dealkylation sites (tertiary alicyclic amines) is 1. The molecule has 1 heterocycles. The van der Waals surface area contributed by atoms with E-state index in [9.17, 15) is 4.21 Å². The monoisotopic (exact) mass is 327 g/mol. The van der Waals surface area contributed by atoms with E-state index in [1.807, 2.05) is 36.4 Å². The molecule has 0 N–H and O–H groups in total. The first-order chi connectivity index (χ1) is 11.3. The molecule has 1 aliphatic heterocycles. The molecule has 2 aromatic carbocycles. The maximum atomic E-state index is 13.1. The lowest BCUT2D eigenvalue weighted by molar-refractivity contribution is 0.241. The van der Waals surface area contributed by atoms with Gasteiger partial charge in [0.1, 0.15) is 0 Å². The second kappa shape index (κ2) is 8.42. The van der Waals surface area contributed by atoms with Gasteiger partial charge in [-0.1, -0.05) is 67.1 Å². The molecular formula is C20H25NOS. The van der Waals surface area contributed by atoms with E-state index in [1.54, 1.807) is 0 Å². The second-order valence-corrected chi connectivity index (χ2v) is 7.83.